The molecule has 1 aromatic heterocycles. The molecule has 0 aliphatic carbocycles. The molecule has 0 unspecified atom stereocenters. The molecule has 33 heavy (non-hydrogen) atoms. The lowest BCUT2D eigenvalue weighted by Crippen LogP contribution is -2.54. The zero-order valence-electron chi connectivity index (χ0n) is 18.2. The van der Waals surface area contributed by atoms with Gasteiger partial charge >= 0.3 is 0 Å². The molecular weight excluding hydrogens is 442 g/mol. The molecule has 1 N–H and O–H groups in total. The molecule has 2 amide bonds. The van der Waals surface area contributed by atoms with E-state index >= 15 is 0 Å². The van der Waals surface area contributed by atoms with Crippen LogP contribution in [0.5, 0.6) is 17.2 Å². The second-order valence-corrected chi connectivity index (χ2v) is 7.38. The first-order valence-electron chi connectivity index (χ1n) is 9.92. The number of benzene rings is 2. The third-order valence-electron chi connectivity index (χ3n) is 5.15. The summed E-state index contributed by atoms with van der Waals surface area (Å²) >= 11 is 5.30. The van der Waals surface area contributed by atoms with Crippen LogP contribution in [0.1, 0.15) is 5.69 Å². The standard InChI is InChI=1S/C24H21N3O5S/c1-30-17-8-6-15(7-9-17)26-12-4-5-16(26)13-19-22(28)25-24(33)27(23(19)29)20-11-10-18(31-2)14-21(20)32-3/h4-14H,1-3H3,(H,25,28,33)/b19-13+. The summed E-state index contributed by atoms with van der Waals surface area (Å²) in [6.07, 6.45) is 3.38. The van der Waals surface area contributed by atoms with Gasteiger partial charge in [-0.3, -0.25) is 14.9 Å². The maximum Gasteiger partial charge on any atom is 0.270 e. The van der Waals surface area contributed by atoms with Crippen LogP contribution in [0.3, 0.4) is 0 Å². The minimum atomic E-state index is -0.573. The number of carbonyl (C=O) groups is 2. The van der Waals surface area contributed by atoms with Crippen LogP contribution in [0.25, 0.3) is 11.8 Å². The van der Waals surface area contributed by atoms with Gasteiger partial charge in [0.1, 0.15) is 22.8 Å². The molecular formula is C24H21N3O5S. The van der Waals surface area contributed by atoms with E-state index in [1.807, 2.05) is 47.2 Å². The molecule has 168 valence electrons. The Bertz CT molecular complexity index is 1260. The summed E-state index contributed by atoms with van der Waals surface area (Å²) in [4.78, 5) is 27.4. The third-order valence-corrected chi connectivity index (χ3v) is 5.44. The Morgan fingerprint density at radius 1 is 0.909 bits per heavy atom. The van der Waals surface area contributed by atoms with Crippen LogP contribution >= 0.6 is 12.2 Å². The molecule has 2 aromatic carbocycles. The average molecular weight is 464 g/mol. The van der Waals surface area contributed by atoms with Gasteiger partial charge in [0, 0.05) is 23.6 Å². The predicted octanol–water partition coefficient (Wildman–Crippen LogP) is 3.33. The Balaban J connectivity index is 1.74. The first-order chi connectivity index (χ1) is 16.0. The van der Waals surface area contributed by atoms with Gasteiger partial charge in [0.05, 0.1) is 27.0 Å². The molecule has 0 saturated carbocycles. The van der Waals surface area contributed by atoms with Crippen molar-refractivity contribution < 1.29 is 23.8 Å². The van der Waals surface area contributed by atoms with Gasteiger partial charge in [-0.25, -0.2) is 4.90 Å². The van der Waals surface area contributed by atoms with Crippen LogP contribution in [-0.4, -0.2) is 42.8 Å². The van der Waals surface area contributed by atoms with Crippen molar-refractivity contribution in [2.75, 3.05) is 26.2 Å². The van der Waals surface area contributed by atoms with Gasteiger partial charge in [-0.05, 0) is 66.8 Å². The molecule has 1 aliphatic rings. The van der Waals surface area contributed by atoms with Crippen molar-refractivity contribution in [3.63, 3.8) is 0 Å². The molecule has 1 saturated heterocycles. The molecule has 0 radical (unpaired) electrons. The van der Waals surface area contributed by atoms with E-state index in [1.165, 1.54) is 25.2 Å². The number of nitrogens with one attached hydrogen (secondary N) is 1. The maximum absolute atomic E-state index is 13.4. The molecule has 1 fully saturated rings. The Labute approximate surface area is 196 Å². The van der Waals surface area contributed by atoms with E-state index in [2.05, 4.69) is 5.32 Å². The number of ether oxygens (including phenoxy) is 3. The smallest absolute Gasteiger partial charge is 0.270 e. The van der Waals surface area contributed by atoms with E-state index in [-0.39, 0.29) is 10.7 Å². The highest BCUT2D eigenvalue weighted by Gasteiger charge is 2.36. The molecule has 0 bridgehead atoms. The topological polar surface area (TPSA) is 82.0 Å². The van der Waals surface area contributed by atoms with Gasteiger partial charge in [-0.15, -0.1) is 0 Å². The fourth-order valence-electron chi connectivity index (χ4n) is 3.48. The number of anilines is 1. The minimum Gasteiger partial charge on any atom is -0.497 e. The maximum atomic E-state index is 13.4. The van der Waals surface area contributed by atoms with Crippen molar-refractivity contribution in [2.45, 2.75) is 0 Å². The number of carbonyl (C=O) groups excluding carboxylic acids is 2. The monoisotopic (exact) mass is 463 g/mol. The molecule has 0 atom stereocenters. The second-order valence-electron chi connectivity index (χ2n) is 7.00. The summed E-state index contributed by atoms with van der Waals surface area (Å²) < 4.78 is 17.7. The molecule has 0 spiro atoms. The SMILES string of the molecule is COc1ccc(-n2cccc2/C=C2\C(=O)NC(=S)N(c3ccc(OC)cc3OC)C2=O)cc1. The zero-order chi connectivity index (χ0) is 23.5. The average Bonchev–Trinajstić information content (AvgIpc) is 3.30. The van der Waals surface area contributed by atoms with Crippen molar-refractivity contribution in [1.82, 2.24) is 9.88 Å². The Morgan fingerprint density at radius 2 is 1.61 bits per heavy atom. The van der Waals surface area contributed by atoms with E-state index in [9.17, 15) is 9.59 Å². The van der Waals surface area contributed by atoms with Crippen LogP contribution in [0.2, 0.25) is 0 Å². The van der Waals surface area contributed by atoms with Gasteiger partial charge in [0.2, 0.25) is 0 Å². The summed E-state index contributed by atoms with van der Waals surface area (Å²) in [7, 11) is 4.61. The lowest BCUT2D eigenvalue weighted by atomic mass is 10.1. The van der Waals surface area contributed by atoms with Crippen molar-refractivity contribution >= 4 is 40.9 Å². The lowest BCUT2D eigenvalue weighted by molar-refractivity contribution is -0.122. The quantitative estimate of drug-likeness (QED) is 0.343. The summed E-state index contributed by atoms with van der Waals surface area (Å²) in [6.45, 7) is 0. The molecule has 9 heteroatoms. The van der Waals surface area contributed by atoms with Crippen LogP contribution < -0.4 is 24.4 Å². The number of nitrogens with zero attached hydrogens (tertiary/aromatic N) is 2. The summed E-state index contributed by atoms with van der Waals surface area (Å²) in [5.74, 6) is 0.529. The van der Waals surface area contributed by atoms with Crippen LogP contribution in [0, 0.1) is 0 Å². The highest BCUT2D eigenvalue weighted by molar-refractivity contribution is 7.80. The number of hydrogen-bond donors (Lipinski definition) is 1. The first-order valence-corrected chi connectivity index (χ1v) is 10.3. The van der Waals surface area contributed by atoms with Crippen LogP contribution in [-0.2, 0) is 9.59 Å². The van der Waals surface area contributed by atoms with E-state index in [0.717, 1.165) is 11.4 Å². The second kappa shape index (κ2) is 9.17. The lowest BCUT2D eigenvalue weighted by Gasteiger charge is -2.30. The van der Waals surface area contributed by atoms with E-state index in [0.29, 0.717) is 22.9 Å². The largest absolute Gasteiger partial charge is 0.497 e. The fourth-order valence-corrected chi connectivity index (χ4v) is 3.76. The third kappa shape index (κ3) is 4.18. The van der Waals surface area contributed by atoms with Crippen molar-refractivity contribution in [3.8, 4) is 22.9 Å². The van der Waals surface area contributed by atoms with Gasteiger partial charge in [-0.1, -0.05) is 0 Å². The van der Waals surface area contributed by atoms with Crippen molar-refractivity contribution in [1.29, 1.82) is 0 Å². The zero-order valence-corrected chi connectivity index (χ0v) is 19.0. The number of methoxy groups -OCH3 is 3. The van der Waals surface area contributed by atoms with Crippen LogP contribution in [0.15, 0.2) is 66.4 Å². The Morgan fingerprint density at radius 3 is 2.27 bits per heavy atom. The van der Waals surface area contributed by atoms with Gasteiger partial charge in [0.15, 0.2) is 5.11 Å². The number of rotatable bonds is 6. The Kier molecular flexibility index (Phi) is 6.14. The number of thiocarbonyl (C=S) groups is 1. The van der Waals surface area contributed by atoms with Crippen molar-refractivity contribution in [3.05, 3.63) is 72.1 Å². The molecule has 8 nitrogen and oxygen atoms in total. The van der Waals surface area contributed by atoms with Gasteiger partial charge < -0.3 is 18.8 Å². The highest BCUT2D eigenvalue weighted by Crippen LogP contribution is 2.34. The fraction of sp³-hybridized carbons (Fsp3) is 0.125. The van der Waals surface area contributed by atoms with Gasteiger partial charge in [0.25, 0.3) is 11.8 Å². The van der Waals surface area contributed by atoms with Crippen LogP contribution in [0.4, 0.5) is 5.69 Å². The van der Waals surface area contributed by atoms with Crippen molar-refractivity contribution in [2.24, 2.45) is 0 Å². The number of hydrogen-bond acceptors (Lipinski definition) is 6. The summed E-state index contributed by atoms with van der Waals surface area (Å²) in [6, 6.07) is 16.0. The number of aromatic nitrogens is 1. The van der Waals surface area contributed by atoms with Gasteiger partial charge in [-0.2, -0.15) is 0 Å². The summed E-state index contributed by atoms with van der Waals surface area (Å²) in [5.41, 5.74) is 1.83. The van der Waals surface area contributed by atoms with E-state index in [4.69, 9.17) is 26.4 Å². The molecule has 2 heterocycles. The highest BCUT2D eigenvalue weighted by atomic mass is 32.1. The molecule has 4 rings (SSSR count). The van der Waals surface area contributed by atoms with E-state index < -0.39 is 11.8 Å². The first kappa shape index (κ1) is 22.1. The predicted molar refractivity (Wildman–Crippen MR) is 128 cm³/mol. The number of amides is 2. The van der Waals surface area contributed by atoms with E-state index in [1.54, 1.807) is 25.3 Å². The molecule has 1 aliphatic heterocycles. The molecule has 3 aromatic rings. The Hall–Kier alpha value is -4.11. The normalized spacial score (nSPS) is 14.9. The minimum absolute atomic E-state index is 0.0313. The summed E-state index contributed by atoms with van der Waals surface area (Å²) in [5, 5.41) is 2.56.